The van der Waals surface area contributed by atoms with Gasteiger partial charge >= 0.3 is 5.97 Å². The van der Waals surface area contributed by atoms with Crippen molar-refractivity contribution >= 4 is 29.5 Å². The molecule has 0 saturated carbocycles. The number of aromatic carboxylic acids is 1. The standard InChI is InChI=1S/C13H10O2S/c14-13(15)11-6-3-10(4-7-11)5-8-12-2-1-9-16-12/h1-9H,(H,14,15). The highest BCUT2D eigenvalue weighted by Crippen LogP contribution is 2.13. The zero-order valence-electron chi connectivity index (χ0n) is 8.46. The number of hydrogen-bond acceptors (Lipinski definition) is 2. The number of carbonyl (C=O) groups is 1. The van der Waals surface area contributed by atoms with Gasteiger partial charge < -0.3 is 5.11 Å². The fraction of sp³-hybridized carbons (Fsp3) is 0. The maximum absolute atomic E-state index is 10.6. The average molecular weight is 230 g/mol. The molecule has 1 aromatic heterocycles. The summed E-state index contributed by atoms with van der Waals surface area (Å²) in [6.45, 7) is 0. The van der Waals surface area contributed by atoms with Gasteiger partial charge in [0.2, 0.25) is 0 Å². The van der Waals surface area contributed by atoms with Crippen LogP contribution in [0.25, 0.3) is 12.2 Å². The summed E-state index contributed by atoms with van der Waals surface area (Å²) in [5.74, 6) is -0.895. The first-order valence-electron chi connectivity index (χ1n) is 4.80. The van der Waals surface area contributed by atoms with Gasteiger partial charge in [-0.25, -0.2) is 4.79 Å². The molecule has 0 aliphatic rings. The maximum Gasteiger partial charge on any atom is 0.335 e. The largest absolute Gasteiger partial charge is 0.478 e. The molecule has 0 unspecified atom stereocenters. The normalized spacial score (nSPS) is 10.8. The molecule has 0 bridgehead atoms. The van der Waals surface area contributed by atoms with Crippen LogP contribution in [0.4, 0.5) is 0 Å². The maximum atomic E-state index is 10.6. The third kappa shape index (κ3) is 2.58. The van der Waals surface area contributed by atoms with Crippen molar-refractivity contribution in [1.82, 2.24) is 0 Å². The molecule has 2 aromatic rings. The first-order chi connectivity index (χ1) is 7.75. The van der Waals surface area contributed by atoms with Gasteiger partial charge in [-0.15, -0.1) is 11.3 Å². The van der Waals surface area contributed by atoms with Crippen LogP contribution in [-0.4, -0.2) is 11.1 Å². The minimum atomic E-state index is -0.895. The molecule has 1 heterocycles. The van der Waals surface area contributed by atoms with Crippen LogP contribution in [0.2, 0.25) is 0 Å². The Balaban J connectivity index is 2.14. The number of benzene rings is 1. The van der Waals surface area contributed by atoms with Crippen LogP contribution >= 0.6 is 11.3 Å². The average Bonchev–Trinajstić information content (AvgIpc) is 2.80. The minimum absolute atomic E-state index is 0.313. The summed E-state index contributed by atoms with van der Waals surface area (Å²) in [7, 11) is 0. The Morgan fingerprint density at radius 3 is 2.44 bits per heavy atom. The lowest BCUT2D eigenvalue weighted by molar-refractivity contribution is 0.0697. The molecule has 0 saturated heterocycles. The Morgan fingerprint density at radius 2 is 1.88 bits per heavy atom. The summed E-state index contributed by atoms with van der Waals surface area (Å²) >= 11 is 1.67. The van der Waals surface area contributed by atoms with Crippen LogP contribution in [0.1, 0.15) is 20.8 Å². The Morgan fingerprint density at radius 1 is 1.12 bits per heavy atom. The predicted octanol–water partition coefficient (Wildman–Crippen LogP) is 3.62. The molecule has 0 amide bonds. The molecule has 3 heteroatoms. The van der Waals surface area contributed by atoms with E-state index in [1.807, 2.05) is 29.7 Å². The highest BCUT2D eigenvalue weighted by Gasteiger charge is 1.99. The minimum Gasteiger partial charge on any atom is -0.478 e. The fourth-order valence-electron chi connectivity index (χ4n) is 1.30. The first kappa shape index (κ1) is 10.6. The first-order valence-corrected chi connectivity index (χ1v) is 5.68. The third-order valence-corrected chi connectivity index (χ3v) is 2.98. The van der Waals surface area contributed by atoms with Crippen molar-refractivity contribution in [3.8, 4) is 0 Å². The highest BCUT2D eigenvalue weighted by atomic mass is 32.1. The molecule has 0 aliphatic carbocycles. The number of rotatable bonds is 3. The molecule has 1 N–H and O–H groups in total. The van der Waals surface area contributed by atoms with Crippen LogP contribution in [-0.2, 0) is 0 Å². The zero-order chi connectivity index (χ0) is 11.4. The molecule has 0 radical (unpaired) electrons. The summed E-state index contributed by atoms with van der Waals surface area (Å²) in [5.41, 5.74) is 1.31. The van der Waals surface area contributed by atoms with E-state index in [9.17, 15) is 4.79 Å². The van der Waals surface area contributed by atoms with Crippen LogP contribution in [0.15, 0.2) is 41.8 Å². The summed E-state index contributed by atoms with van der Waals surface area (Å²) in [6.07, 6.45) is 3.98. The van der Waals surface area contributed by atoms with E-state index >= 15 is 0 Å². The van der Waals surface area contributed by atoms with Crippen molar-refractivity contribution in [3.05, 3.63) is 57.8 Å². The smallest absolute Gasteiger partial charge is 0.335 e. The summed E-state index contributed by atoms with van der Waals surface area (Å²) in [5, 5.41) is 10.8. The molecule has 0 fully saturated rings. The molecule has 0 spiro atoms. The second-order valence-electron chi connectivity index (χ2n) is 3.28. The quantitative estimate of drug-likeness (QED) is 0.874. The van der Waals surface area contributed by atoms with Gasteiger partial charge in [0.05, 0.1) is 5.56 Å². The van der Waals surface area contributed by atoms with E-state index < -0.39 is 5.97 Å². The van der Waals surface area contributed by atoms with Crippen LogP contribution in [0.5, 0.6) is 0 Å². The second-order valence-corrected chi connectivity index (χ2v) is 4.26. The van der Waals surface area contributed by atoms with E-state index in [0.29, 0.717) is 5.56 Å². The third-order valence-electron chi connectivity index (χ3n) is 2.14. The van der Waals surface area contributed by atoms with Gasteiger partial charge in [-0.2, -0.15) is 0 Å². The second kappa shape index (κ2) is 4.77. The SMILES string of the molecule is O=C(O)c1ccc(C=Cc2cccs2)cc1. The Hall–Kier alpha value is -1.87. The lowest BCUT2D eigenvalue weighted by atomic mass is 10.1. The monoisotopic (exact) mass is 230 g/mol. The molecule has 2 rings (SSSR count). The molecular weight excluding hydrogens is 220 g/mol. The van der Waals surface area contributed by atoms with Gasteiger partial charge in [0.25, 0.3) is 0 Å². The van der Waals surface area contributed by atoms with Gasteiger partial charge in [-0.05, 0) is 35.2 Å². The van der Waals surface area contributed by atoms with Gasteiger partial charge in [-0.3, -0.25) is 0 Å². The van der Waals surface area contributed by atoms with Crippen molar-refractivity contribution in [3.63, 3.8) is 0 Å². The van der Waals surface area contributed by atoms with Crippen molar-refractivity contribution in [2.24, 2.45) is 0 Å². The molecule has 1 aromatic carbocycles. The van der Waals surface area contributed by atoms with Gasteiger partial charge in [-0.1, -0.05) is 24.3 Å². The number of carboxylic acid groups (broad SMARTS) is 1. The molecule has 0 atom stereocenters. The van der Waals surface area contributed by atoms with E-state index in [0.717, 1.165) is 5.56 Å². The fourth-order valence-corrected chi connectivity index (χ4v) is 1.92. The summed E-state index contributed by atoms with van der Waals surface area (Å²) in [6, 6.07) is 10.8. The lowest BCUT2D eigenvalue weighted by Gasteiger charge is -1.95. The van der Waals surface area contributed by atoms with Gasteiger partial charge in [0, 0.05) is 4.88 Å². The zero-order valence-corrected chi connectivity index (χ0v) is 9.28. The topological polar surface area (TPSA) is 37.3 Å². The number of hydrogen-bond donors (Lipinski definition) is 1. The van der Waals surface area contributed by atoms with Crippen molar-refractivity contribution in [2.45, 2.75) is 0 Å². The van der Waals surface area contributed by atoms with Crippen molar-refractivity contribution < 1.29 is 9.90 Å². The number of carboxylic acids is 1. The molecular formula is C13H10O2S. The lowest BCUT2D eigenvalue weighted by Crippen LogP contribution is -1.94. The Kier molecular flexibility index (Phi) is 3.17. The summed E-state index contributed by atoms with van der Waals surface area (Å²) < 4.78 is 0. The molecule has 2 nitrogen and oxygen atoms in total. The van der Waals surface area contributed by atoms with Crippen LogP contribution in [0, 0.1) is 0 Å². The summed E-state index contributed by atoms with van der Waals surface area (Å²) in [4.78, 5) is 11.8. The molecule has 16 heavy (non-hydrogen) atoms. The predicted molar refractivity (Wildman–Crippen MR) is 66.6 cm³/mol. The Labute approximate surface area is 97.5 Å². The van der Waals surface area contributed by atoms with Crippen molar-refractivity contribution in [2.75, 3.05) is 0 Å². The van der Waals surface area contributed by atoms with Gasteiger partial charge in [0.15, 0.2) is 0 Å². The molecule has 0 aliphatic heterocycles. The number of thiophene rings is 1. The van der Waals surface area contributed by atoms with Crippen LogP contribution in [0.3, 0.4) is 0 Å². The van der Waals surface area contributed by atoms with Crippen molar-refractivity contribution in [1.29, 1.82) is 0 Å². The Bertz CT molecular complexity index is 495. The van der Waals surface area contributed by atoms with E-state index in [2.05, 4.69) is 0 Å². The van der Waals surface area contributed by atoms with E-state index in [1.54, 1.807) is 35.6 Å². The van der Waals surface area contributed by atoms with Crippen LogP contribution < -0.4 is 0 Å². The molecule has 80 valence electrons. The van der Waals surface area contributed by atoms with E-state index in [4.69, 9.17) is 5.11 Å². The van der Waals surface area contributed by atoms with Gasteiger partial charge in [0.1, 0.15) is 0 Å². The van der Waals surface area contributed by atoms with E-state index in [-0.39, 0.29) is 0 Å². The highest BCUT2D eigenvalue weighted by molar-refractivity contribution is 7.10. The van der Waals surface area contributed by atoms with E-state index in [1.165, 1.54) is 4.88 Å².